The molecule has 2 heterocycles. The second-order valence-electron chi connectivity index (χ2n) is 11.8. The highest BCUT2D eigenvalue weighted by Crippen LogP contribution is 2.45. The van der Waals surface area contributed by atoms with Gasteiger partial charge in [-0.2, -0.15) is 0 Å². The zero-order valence-electron chi connectivity index (χ0n) is 27.0. The Kier molecular flexibility index (Phi) is 10.1. The first kappa shape index (κ1) is 35.5. The van der Waals surface area contributed by atoms with Crippen LogP contribution in [-0.4, -0.2) is 104 Å². The van der Waals surface area contributed by atoms with Crippen LogP contribution < -0.4 is 26.3 Å². The van der Waals surface area contributed by atoms with Crippen LogP contribution in [0.5, 0.6) is 17.2 Å². The molecule has 1 saturated heterocycles. The summed E-state index contributed by atoms with van der Waals surface area (Å²) in [7, 11) is 2.73. The number of anilines is 1. The number of nitrogens with one attached hydrogen (secondary N) is 1. The van der Waals surface area contributed by atoms with Crippen molar-refractivity contribution in [2.45, 2.75) is 63.1 Å². The number of aromatic nitrogens is 1. The van der Waals surface area contributed by atoms with E-state index in [0.717, 1.165) is 0 Å². The Bertz CT molecular complexity index is 1810. The maximum absolute atomic E-state index is 14.2. The van der Waals surface area contributed by atoms with E-state index >= 15 is 0 Å². The largest absolute Gasteiger partial charge is 0.507 e. The fourth-order valence-electron chi connectivity index (χ4n) is 6.30. The van der Waals surface area contributed by atoms with Gasteiger partial charge in [0.2, 0.25) is 12.1 Å². The number of aliphatic hydroxyl groups is 5. The van der Waals surface area contributed by atoms with Crippen molar-refractivity contribution in [2.24, 2.45) is 10.7 Å². The molecule has 0 bridgehead atoms. The third-order valence-electron chi connectivity index (χ3n) is 9.02. The second-order valence-corrected chi connectivity index (χ2v) is 11.8. The Morgan fingerprint density at radius 1 is 1.10 bits per heavy atom. The Morgan fingerprint density at radius 3 is 2.47 bits per heavy atom. The first-order valence-corrected chi connectivity index (χ1v) is 15.3. The van der Waals surface area contributed by atoms with Gasteiger partial charge < -0.3 is 61.6 Å². The average Bonchev–Trinajstić information content (AvgIpc) is 3.08. The van der Waals surface area contributed by atoms with E-state index in [9.17, 15) is 40.2 Å². The second kappa shape index (κ2) is 13.9. The number of nitrogen functional groups attached to an aromatic ring is 1. The van der Waals surface area contributed by atoms with Crippen LogP contribution in [0, 0.1) is 6.92 Å². The number of aliphatic imine (C=N–C) groups is 1. The van der Waals surface area contributed by atoms with E-state index in [0.29, 0.717) is 11.1 Å². The molecule has 5 atom stereocenters. The molecule has 1 fully saturated rings. The summed E-state index contributed by atoms with van der Waals surface area (Å²) in [5.41, 5.74) is 9.58. The SMILES string of the molecule is CN=C(N)NCc1c(C)cc2c(c1O)C(=O)c1c(OC3OC(CO)C(O)(CCc4ccnc(N)c4)C(O)C3O)cc(OC)c(CO)c1C2=O. The molecule has 11 N–H and O–H groups in total. The van der Waals surface area contributed by atoms with Crippen molar-refractivity contribution in [3.05, 3.63) is 75.0 Å². The molecule has 262 valence electrons. The predicted molar refractivity (Wildman–Crippen MR) is 173 cm³/mol. The summed E-state index contributed by atoms with van der Waals surface area (Å²) in [6, 6.07) is 5.86. The van der Waals surface area contributed by atoms with E-state index in [4.69, 9.17) is 25.7 Å². The van der Waals surface area contributed by atoms with Gasteiger partial charge in [-0.15, -0.1) is 0 Å². The number of nitrogens with zero attached hydrogens (tertiary/aromatic N) is 2. The molecule has 1 aliphatic heterocycles. The lowest BCUT2D eigenvalue weighted by atomic mass is 9.78. The summed E-state index contributed by atoms with van der Waals surface area (Å²) < 4.78 is 17.2. The molecule has 1 aromatic heterocycles. The Morgan fingerprint density at radius 2 is 1.84 bits per heavy atom. The number of carbonyl (C=O) groups is 2. The number of aliphatic hydroxyl groups excluding tert-OH is 4. The number of pyridine rings is 1. The zero-order valence-corrected chi connectivity index (χ0v) is 27.0. The van der Waals surface area contributed by atoms with E-state index in [1.54, 1.807) is 19.1 Å². The lowest BCUT2D eigenvalue weighted by Crippen LogP contribution is -2.68. The number of hydrogen-bond acceptors (Lipinski definition) is 14. The van der Waals surface area contributed by atoms with E-state index in [1.165, 1.54) is 32.5 Å². The summed E-state index contributed by atoms with van der Waals surface area (Å²) in [5.74, 6) is -2.17. The van der Waals surface area contributed by atoms with Gasteiger partial charge in [0.15, 0.2) is 11.7 Å². The molecule has 3 aromatic rings. The first-order valence-electron chi connectivity index (χ1n) is 15.3. The van der Waals surface area contributed by atoms with Gasteiger partial charge in [0.25, 0.3) is 0 Å². The minimum Gasteiger partial charge on any atom is -0.507 e. The number of ether oxygens (including phenoxy) is 3. The number of carbonyl (C=O) groups excluding carboxylic acids is 2. The number of aryl methyl sites for hydroxylation is 2. The predicted octanol–water partition coefficient (Wildman–Crippen LogP) is -0.830. The maximum Gasteiger partial charge on any atom is 0.229 e. The number of rotatable bonds is 10. The smallest absolute Gasteiger partial charge is 0.229 e. The van der Waals surface area contributed by atoms with Gasteiger partial charge >= 0.3 is 0 Å². The van der Waals surface area contributed by atoms with Crippen LogP contribution in [0.1, 0.15) is 60.5 Å². The van der Waals surface area contributed by atoms with Gasteiger partial charge in [0.1, 0.15) is 47.0 Å². The number of phenols is 1. The maximum atomic E-state index is 14.2. The lowest BCUT2D eigenvalue weighted by Gasteiger charge is -2.48. The quantitative estimate of drug-likeness (QED) is 0.0730. The molecular formula is C33H39N5O11. The van der Waals surface area contributed by atoms with E-state index < -0.39 is 60.7 Å². The van der Waals surface area contributed by atoms with Gasteiger partial charge in [-0.05, 0) is 49.1 Å². The number of guanidine groups is 1. The highest BCUT2D eigenvalue weighted by Gasteiger charge is 2.55. The molecule has 5 rings (SSSR count). The molecule has 0 radical (unpaired) electrons. The van der Waals surface area contributed by atoms with E-state index in [-0.39, 0.29) is 76.0 Å². The number of methoxy groups -OCH3 is 1. The monoisotopic (exact) mass is 681 g/mol. The highest BCUT2D eigenvalue weighted by molar-refractivity contribution is 6.31. The van der Waals surface area contributed by atoms with Crippen LogP contribution in [0.25, 0.3) is 0 Å². The van der Waals surface area contributed by atoms with E-state index in [1.807, 2.05) is 0 Å². The van der Waals surface area contributed by atoms with Crippen molar-refractivity contribution in [2.75, 3.05) is 26.5 Å². The van der Waals surface area contributed by atoms with Crippen molar-refractivity contribution in [1.29, 1.82) is 0 Å². The van der Waals surface area contributed by atoms with Crippen LogP contribution in [0.3, 0.4) is 0 Å². The average molecular weight is 682 g/mol. The number of ketones is 2. The molecule has 16 nitrogen and oxygen atoms in total. The number of phenolic OH excluding ortho intramolecular Hbond substituents is 1. The van der Waals surface area contributed by atoms with Gasteiger partial charge in [0.05, 0.1) is 31.5 Å². The summed E-state index contributed by atoms with van der Waals surface area (Å²) >= 11 is 0. The summed E-state index contributed by atoms with van der Waals surface area (Å²) in [4.78, 5) is 36.0. The van der Waals surface area contributed by atoms with Crippen LogP contribution in [0.15, 0.2) is 35.5 Å². The third-order valence-corrected chi connectivity index (χ3v) is 9.02. The summed E-state index contributed by atoms with van der Waals surface area (Å²) in [5, 5.41) is 68.5. The number of benzene rings is 2. The zero-order chi connectivity index (χ0) is 35.8. The van der Waals surface area contributed by atoms with Crippen LogP contribution >= 0.6 is 0 Å². The van der Waals surface area contributed by atoms with Gasteiger partial charge in [-0.1, -0.05) is 0 Å². The third kappa shape index (κ3) is 6.25. The molecule has 0 spiro atoms. The van der Waals surface area contributed by atoms with Gasteiger partial charge in [0, 0.05) is 48.1 Å². The Hall–Kier alpha value is -4.84. The number of aromatic hydroxyl groups is 1. The fraction of sp³-hybridized carbons (Fsp3) is 0.394. The first-order chi connectivity index (χ1) is 23.3. The van der Waals surface area contributed by atoms with Crippen LogP contribution in [-0.2, 0) is 24.3 Å². The number of fused-ring (bicyclic) bond motifs is 2. The van der Waals surface area contributed by atoms with Crippen LogP contribution in [0.4, 0.5) is 5.82 Å². The molecule has 16 heteroatoms. The topological polar surface area (TPSA) is 273 Å². The van der Waals surface area contributed by atoms with Crippen molar-refractivity contribution in [1.82, 2.24) is 10.3 Å². The molecule has 2 aliphatic rings. The molecule has 1 aliphatic carbocycles. The van der Waals surface area contributed by atoms with Crippen molar-refractivity contribution < 1.29 is 54.4 Å². The summed E-state index contributed by atoms with van der Waals surface area (Å²) in [6.07, 6.45) is -5.65. The van der Waals surface area contributed by atoms with Crippen molar-refractivity contribution in [3.63, 3.8) is 0 Å². The Labute approximate surface area is 280 Å². The molecule has 5 unspecified atom stereocenters. The van der Waals surface area contributed by atoms with Crippen molar-refractivity contribution in [3.8, 4) is 17.2 Å². The van der Waals surface area contributed by atoms with Crippen molar-refractivity contribution >= 4 is 23.3 Å². The molecule has 0 amide bonds. The molecule has 2 aromatic carbocycles. The molecule has 49 heavy (non-hydrogen) atoms. The molecular weight excluding hydrogens is 642 g/mol. The van der Waals surface area contributed by atoms with Crippen LogP contribution in [0.2, 0.25) is 0 Å². The number of nitrogens with two attached hydrogens (primary N) is 2. The summed E-state index contributed by atoms with van der Waals surface area (Å²) in [6.45, 7) is 0.0870. The normalized spacial score (nSPS) is 23.6. The Balaban J connectivity index is 1.54. The van der Waals surface area contributed by atoms with Gasteiger partial charge in [-0.3, -0.25) is 14.6 Å². The fourth-order valence-corrected chi connectivity index (χ4v) is 6.30. The minimum absolute atomic E-state index is 0.0314. The van der Waals surface area contributed by atoms with E-state index in [2.05, 4.69) is 15.3 Å². The number of hydrogen-bond donors (Lipinski definition) is 9. The van der Waals surface area contributed by atoms with Gasteiger partial charge in [-0.25, -0.2) is 4.98 Å². The minimum atomic E-state index is -2.16. The lowest BCUT2D eigenvalue weighted by molar-refractivity contribution is -0.314. The standard InChI is InChI=1S/C33H39N5O11/c1-14-8-16-24(27(42)17(14)11-38-32(35)36-2)28(43)25-20(10-19(47-3)18(12-39)23(25)26(16)41)48-31-29(44)30(45)33(46,21(13-40)49-31)6-4-15-5-7-37-22(34)9-15/h5,7-10,21,29-31,39-40,42,44-46H,4,6,11-13H2,1-3H3,(H2,34,37)(H3,35,36,38). The highest BCUT2D eigenvalue weighted by atomic mass is 16.7. The molecule has 0 saturated carbocycles.